The quantitative estimate of drug-likeness (QED) is 0.327. The highest BCUT2D eigenvalue weighted by Gasteiger charge is 2.47. The van der Waals surface area contributed by atoms with Crippen LogP contribution >= 0.6 is 0 Å². The van der Waals surface area contributed by atoms with Crippen molar-refractivity contribution < 1.29 is 14.3 Å². The first-order chi connectivity index (χ1) is 20.4. The van der Waals surface area contributed by atoms with Crippen LogP contribution in [0.1, 0.15) is 88.1 Å². The summed E-state index contributed by atoms with van der Waals surface area (Å²) in [6.45, 7) is 5.54. The Bertz CT molecular complexity index is 1420. The summed E-state index contributed by atoms with van der Waals surface area (Å²) in [4.78, 5) is 22.7. The number of aromatic nitrogens is 2. The van der Waals surface area contributed by atoms with Crippen LogP contribution in [0.4, 0.5) is 4.39 Å². The topological polar surface area (TPSA) is 61.6 Å². The number of likely N-dealkylation sites (tertiary alicyclic amines) is 1. The standard InChI is InChI=1S/C35H45FN4O2/c1-2-33-37-31-11-4-5-12-32(31)40(33)29-18-27-13-14-28(19-29)39(27)21-25-20-38(22-30(25)24-9-8-10-26(36)17-24)23-35(34(41)42)15-6-3-7-16-35/h4-5,8-12,17,25,27-30H,2-3,6-7,13-16,18-23H2,1H3,(H,41,42)/t25-,27?,28?,29?,30?/m1/s1. The second-order valence-corrected chi connectivity index (χ2v) is 13.7. The molecule has 0 amide bonds. The fourth-order valence-electron chi connectivity index (χ4n) is 9.26. The third kappa shape index (κ3) is 5.06. The first kappa shape index (κ1) is 28.0. The van der Waals surface area contributed by atoms with Crippen LogP contribution in [0, 0.1) is 17.2 Å². The zero-order valence-corrected chi connectivity index (χ0v) is 24.9. The van der Waals surface area contributed by atoms with E-state index < -0.39 is 11.4 Å². The molecule has 6 nitrogen and oxygen atoms in total. The van der Waals surface area contributed by atoms with Crippen molar-refractivity contribution in [3.8, 4) is 0 Å². The monoisotopic (exact) mass is 572 g/mol. The number of nitrogens with zero attached hydrogens (tertiary/aromatic N) is 4. The minimum Gasteiger partial charge on any atom is -0.481 e. The molecule has 1 saturated carbocycles. The zero-order valence-electron chi connectivity index (χ0n) is 24.9. The van der Waals surface area contributed by atoms with Crippen molar-refractivity contribution in [2.24, 2.45) is 11.3 Å². The van der Waals surface area contributed by atoms with Crippen molar-refractivity contribution in [1.82, 2.24) is 19.4 Å². The van der Waals surface area contributed by atoms with Crippen molar-refractivity contribution in [3.05, 3.63) is 65.7 Å². The number of para-hydroxylation sites is 2. The fourth-order valence-corrected chi connectivity index (χ4v) is 9.26. The van der Waals surface area contributed by atoms with Gasteiger partial charge < -0.3 is 14.6 Å². The molecule has 1 aromatic heterocycles. The average Bonchev–Trinajstić information content (AvgIpc) is 3.64. The summed E-state index contributed by atoms with van der Waals surface area (Å²) in [5, 5.41) is 10.3. The Balaban J connectivity index is 1.12. The first-order valence-corrected chi connectivity index (χ1v) is 16.4. The molecule has 3 aliphatic heterocycles. The number of hydrogen-bond donors (Lipinski definition) is 1. The van der Waals surface area contributed by atoms with E-state index in [1.165, 1.54) is 30.2 Å². The fraction of sp³-hybridized carbons (Fsp3) is 0.600. The van der Waals surface area contributed by atoms with Crippen molar-refractivity contribution in [2.45, 2.75) is 95.2 Å². The minimum atomic E-state index is -0.637. The van der Waals surface area contributed by atoms with E-state index in [1.54, 1.807) is 6.07 Å². The molecular formula is C35H45FN4O2. The molecule has 7 rings (SSSR count). The molecule has 42 heavy (non-hydrogen) atoms. The van der Waals surface area contributed by atoms with Crippen molar-refractivity contribution in [2.75, 3.05) is 26.2 Å². The number of carboxylic acids is 1. The highest BCUT2D eigenvalue weighted by Crippen LogP contribution is 2.46. The molecule has 3 saturated heterocycles. The highest BCUT2D eigenvalue weighted by atomic mass is 19.1. The Kier molecular flexibility index (Phi) is 7.60. The van der Waals surface area contributed by atoms with Crippen LogP contribution in [0.5, 0.6) is 0 Å². The number of hydrogen-bond acceptors (Lipinski definition) is 4. The van der Waals surface area contributed by atoms with Crippen LogP contribution in [0.25, 0.3) is 11.0 Å². The number of aliphatic carboxylic acids is 1. The lowest BCUT2D eigenvalue weighted by molar-refractivity contribution is -0.152. The van der Waals surface area contributed by atoms with E-state index in [0.717, 1.165) is 82.1 Å². The van der Waals surface area contributed by atoms with Crippen LogP contribution in [0.3, 0.4) is 0 Å². The van der Waals surface area contributed by atoms with E-state index in [0.29, 0.717) is 30.6 Å². The number of halogens is 1. The molecule has 7 heteroatoms. The Morgan fingerprint density at radius 1 is 1.00 bits per heavy atom. The average molecular weight is 573 g/mol. The number of carbonyl (C=O) groups is 1. The minimum absolute atomic E-state index is 0.181. The Morgan fingerprint density at radius 2 is 1.76 bits per heavy atom. The third-order valence-electron chi connectivity index (χ3n) is 11.2. The van der Waals surface area contributed by atoms with E-state index in [2.05, 4.69) is 51.6 Å². The molecule has 0 radical (unpaired) electrons. The maximum absolute atomic E-state index is 14.4. The summed E-state index contributed by atoms with van der Waals surface area (Å²) in [7, 11) is 0. The van der Waals surface area contributed by atoms with Crippen molar-refractivity contribution in [3.63, 3.8) is 0 Å². The van der Waals surface area contributed by atoms with Gasteiger partial charge in [-0.25, -0.2) is 9.37 Å². The number of imidazole rings is 1. The molecule has 4 heterocycles. The van der Waals surface area contributed by atoms with Gasteiger partial charge in [-0.1, -0.05) is 50.5 Å². The van der Waals surface area contributed by atoms with E-state index >= 15 is 0 Å². The van der Waals surface area contributed by atoms with Gasteiger partial charge in [0.2, 0.25) is 0 Å². The van der Waals surface area contributed by atoms with Crippen molar-refractivity contribution >= 4 is 17.0 Å². The van der Waals surface area contributed by atoms with E-state index in [4.69, 9.17) is 4.98 Å². The van der Waals surface area contributed by atoms with Gasteiger partial charge in [-0.05, 0) is 74.3 Å². The summed E-state index contributed by atoms with van der Waals surface area (Å²) in [6, 6.07) is 17.3. The number of piperidine rings is 1. The van der Waals surface area contributed by atoms with Crippen LogP contribution in [-0.4, -0.2) is 68.7 Å². The highest BCUT2D eigenvalue weighted by molar-refractivity contribution is 5.76. The van der Waals surface area contributed by atoms with E-state index in [-0.39, 0.29) is 11.7 Å². The molecule has 1 N–H and O–H groups in total. The maximum atomic E-state index is 14.4. The molecule has 4 atom stereocenters. The molecule has 0 spiro atoms. The molecule has 224 valence electrons. The largest absolute Gasteiger partial charge is 0.481 e. The van der Waals surface area contributed by atoms with Crippen LogP contribution in [0.15, 0.2) is 48.5 Å². The molecule has 3 aromatic rings. The molecule has 3 unspecified atom stereocenters. The van der Waals surface area contributed by atoms with Crippen LogP contribution in [-0.2, 0) is 11.2 Å². The summed E-state index contributed by atoms with van der Waals surface area (Å²) >= 11 is 0. The predicted octanol–water partition coefficient (Wildman–Crippen LogP) is 6.66. The lowest BCUT2D eigenvalue weighted by Crippen LogP contribution is -2.47. The number of aryl methyl sites for hydroxylation is 1. The third-order valence-corrected chi connectivity index (χ3v) is 11.2. The lowest BCUT2D eigenvalue weighted by atomic mass is 9.73. The molecule has 4 aliphatic rings. The van der Waals surface area contributed by atoms with Crippen LogP contribution < -0.4 is 0 Å². The van der Waals surface area contributed by atoms with Crippen LogP contribution in [0.2, 0.25) is 0 Å². The number of carboxylic acid groups (broad SMARTS) is 1. The molecule has 2 bridgehead atoms. The van der Waals surface area contributed by atoms with E-state index in [1.807, 2.05) is 6.07 Å². The number of rotatable bonds is 8. The maximum Gasteiger partial charge on any atom is 0.310 e. The van der Waals surface area contributed by atoms with Gasteiger partial charge in [-0.15, -0.1) is 0 Å². The van der Waals surface area contributed by atoms with Gasteiger partial charge in [-0.2, -0.15) is 0 Å². The first-order valence-electron chi connectivity index (χ1n) is 16.4. The van der Waals surface area contributed by atoms with E-state index in [9.17, 15) is 14.3 Å². The molecular weight excluding hydrogens is 527 g/mol. The Morgan fingerprint density at radius 3 is 2.48 bits per heavy atom. The van der Waals surface area contributed by atoms with Gasteiger partial charge in [0, 0.05) is 56.6 Å². The summed E-state index contributed by atoms with van der Waals surface area (Å²) in [5.74, 6) is 0.963. The lowest BCUT2D eigenvalue weighted by Gasteiger charge is -2.42. The zero-order chi connectivity index (χ0) is 28.8. The van der Waals surface area contributed by atoms with Gasteiger partial charge in [0.25, 0.3) is 0 Å². The summed E-state index contributed by atoms with van der Waals surface area (Å²) < 4.78 is 17.0. The van der Waals surface area contributed by atoms with Gasteiger partial charge in [-0.3, -0.25) is 9.69 Å². The van der Waals surface area contributed by atoms with Gasteiger partial charge in [0.05, 0.1) is 16.4 Å². The van der Waals surface area contributed by atoms with Gasteiger partial charge >= 0.3 is 5.97 Å². The SMILES string of the molecule is CCc1nc2ccccc2n1C1CC2CCC(C1)N2C[C@H]1CN(CC2(C(=O)O)CCCCC2)CC1c1cccc(F)c1. The summed E-state index contributed by atoms with van der Waals surface area (Å²) in [6.07, 6.45) is 10.4. The molecule has 2 aromatic carbocycles. The molecule has 1 aliphatic carbocycles. The number of fused-ring (bicyclic) bond motifs is 3. The predicted molar refractivity (Wildman–Crippen MR) is 163 cm³/mol. The normalized spacial score (nSPS) is 29.8. The van der Waals surface area contributed by atoms with Gasteiger partial charge in [0.1, 0.15) is 11.6 Å². The Labute approximate surface area is 248 Å². The second kappa shape index (κ2) is 11.4. The van der Waals surface area contributed by atoms with Gasteiger partial charge in [0.15, 0.2) is 0 Å². The van der Waals surface area contributed by atoms with Crippen molar-refractivity contribution in [1.29, 1.82) is 0 Å². The number of benzene rings is 2. The smallest absolute Gasteiger partial charge is 0.310 e. The second-order valence-electron chi connectivity index (χ2n) is 13.7. The summed E-state index contributed by atoms with van der Waals surface area (Å²) in [5.41, 5.74) is 2.79. The Hall–Kier alpha value is -2.77. The molecule has 4 fully saturated rings.